The Bertz CT molecular complexity index is 1250. The van der Waals surface area contributed by atoms with Crippen LogP contribution in [0.1, 0.15) is 70.9 Å². The summed E-state index contributed by atoms with van der Waals surface area (Å²) in [5.41, 5.74) is 1.80. The zero-order valence-corrected chi connectivity index (χ0v) is 25.7. The van der Waals surface area contributed by atoms with Crippen LogP contribution in [0.3, 0.4) is 0 Å². The third-order valence-electron chi connectivity index (χ3n) is 7.18. The van der Waals surface area contributed by atoms with Crippen LogP contribution < -0.4 is 9.62 Å². The van der Waals surface area contributed by atoms with Crippen molar-refractivity contribution in [3.8, 4) is 0 Å². The topological polar surface area (TPSA) is 86.8 Å². The molecule has 0 spiro atoms. The summed E-state index contributed by atoms with van der Waals surface area (Å²) in [5, 5.41) is 3.81. The number of rotatable bonds is 10. The highest BCUT2D eigenvalue weighted by molar-refractivity contribution is 7.92. The van der Waals surface area contributed by atoms with E-state index >= 15 is 0 Å². The molecule has 0 saturated heterocycles. The third kappa shape index (κ3) is 8.12. The van der Waals surface area contributed by atoms with Crippen LogP contribution in [0.25, 0.3) is 0 Å². The van der Waals surface area contributed by atoms with Crippen LogP contribution in [0.2, 0.25) is 10.0 Å². The van der Waals surface area contributed by atoms with Crippen molar-refractivity contribution in [1.29, 1.82) is 0 Å². The van der Waals surface area contributed by atoms with Gasteiger partial charge in [0.05, 0.1) is 11.9 Å². The van der Waals surface area contributed by atoms with Gasteiger partial charge in [0.1, 0.15) is 12.6 Å². The molecule has 1 saturated carbocycles. The number of hydrogen-bond acceptors (Lipinski definition) is 4. The van der Waals surface area contributed by atoms with Gasteiger partial charge >= 0.3 is 0 Å². The van der Waals surface area contributed by atoms with E-state index in [1.807, 2.05) is 19.1 Å². The zero-order chi connectivity index (χ0) is 29.0. The smallest absolute Gasteiger partial charge is 0.244 e. The number of sulfonamides is 1. The highest BCUT2D eigenvalue weighted by atomic mass is 35.5. The van der Waals surface area contributed by atoms with Crippen molar-refractivity contribution in [3.05, 3.63) is 63.6 Å². The Kier molecular flexibility index (Phi) is 10.3. The van der Waals surface area contributed by atoms with Crippen LogP contribution in [0.4, 0.5) is 5.69 Å². The molecule has 0 aromatic heterocycles. The number of nitrogens with one attached hydrogen (secondary N) is 1. The molecular weight excluding hydrogens is 557 g/mol. The summed E-state index contributed by atoms with van der Waals surface area (Å²) in [4.78, 5) is 28.7. The van der Waals surface area contributed by atoms with Crippen LogP contribution >= 0.6 is 23.2 Å². The first-order valence-electron chi connectivity index (χ1n) is 13.3. The molecule has 2 aromatic carbocycles. The lowest BCUT2D eigenvalue weighted by Gasteiger charge is -2.34. The van der Waals surface area contributed by atoms with Gasteiger partial charge in [-0.05, 0) is 54.5 Å². The fourth-order valence-electron chi connectivity index (χ4n) is 4.88. The number of amides is 2. The number of hydrogen-bond donors (Lipinski definition) is 1. The number of anilines is 1. The Morgan fingerprint density at radius 3 is 2.08 bits per heavy atom. The lowest BCUT2D eigenvalue weighted by atomic mass is 9.87. The summed E-state index contributed by atoms with van der Waals surface area (Å²) in [6, 6.07) is 11.4. The summed E-state index contributed by atoms with van der Waals surface area (Å²) in [6.45, 7) is 7.53. The molecule has 0 unspecified atom stereocenters. The molecule has 1 fully saturated rings. The first-order valence-corrected chi connectivity index (χ1v) is 15.9. The first-order chi connectivity index (χ1) is 18.2. The van der Waals surface area contributed by atoms with E-state index in [9.17, 15) is 18.0 Å². The largest absolute Gasteiger partial charge is 0.352 e. The summed E-state index contributed by atoms with van der Waals surface area (Å²) in [6.07, 6.45) is 5.31. The quantitative estimate of drug-likeness (QED) is 0.369. The van der Waals surface area contributed by atoms with Gasteiger partial charge in [0.15, 0.2) is 0 Å². The van der Waals surface area contributed by atoms with Crippen molar-refractivity contribution in [2.75, 3.05) is 17.1 Å². The van der Waals surface area contributed by atoms with Gasteiger partial charge in [-0.25, -0.2) is 8.42 Å². The molecule has 1 aliphatic rings. The van der Waals surface area contributed by atoms with Crippen LogP contribution in [0.5, 0.6) is 0 Å². The average molecular weight is 597 g/mol. The van der Waals surface area contributed by atoms with Gasteiger partial charge in [-0.2, -0.15) is 0 Å². The van der Waals surface area contributed by atoms with E-state index in [1.165, 1.54) is 4.90 Å². The lowest BCUT2D eigenvalue weighted by Crippen LogP contribution is -2.53. The van der Waals surface area contributed by atoms with Crippen molar-refractivity contribution >= 4 is 50.7 Å². The maximum atomic E-state index is 13.9. The van der Waals surface area contributed by atoms with Gasteiger partial charge in [0.25, 0.3) is 0 Å². The normalized spacial score (nSPS) is 15.2. The molecule has 2 amide bonds. The molecule has 0 bridgehead atoms. The third-order valence-corrected chi connectivity index (χ3v) is 9.03. The van der Waals surface area contributed by atoms with Crippen LogP contribution in [0, 0.1) is 0 Å². The van der Waals surface area contributed by atoms with Crippen molar-refractivity contribution < 1.29 is 18.0 Å². The Morgan fingerprint density at radius 1 is 1.03 bits per heavy atom. The summed E-state index contributed by atoms with van der Waals surface area (Å²) in [5.74, 6) is -0.786. The van der Waals surface area contributed by atoms with Crippen molar-refractivity contribution in [2.45, 2.75) is 83.8 Å². The number of nitrogens with zero attached hydrogens (tertiary/aromatic N) is 2. The van der Waals surface area contributed by atoms with E-state index in [0.717, 1.165) is 41.8 Å². The van der Waals surface area contributed by atoms with Gasteiger partial charge in [0, 0.05) is 28.2 Å². The Labute approximate surface area is 242 Å². The van der Waals surface area contributed by atoms with Crippen LogP contribution in [-0.4, -0.2) is 50.0 Å². The molecule has 0 aliphatic heterocycles. The van der Waals surface area contributed by atoms with E-state index in [4.69, 9.17) is 23.2 Å². The van der Waals surface area contributed by atoms with Crippen molar-refractivity contribution in [1.82, 2.24) is 10.2 Å². The van der Waals surface area contributed by atoms with Gasteiger partial charge in [0.2, 0.25) is 21.8 Å². The lowest BCUT2D eigenvalue weighted by molar-refractivity contribution is -0.140. The Hall–Kier alpha value is -2.29. The summed E-state index contributed by atoms with van der Waals surface area (Å²) >= 11 is 12.9. The van der Waals surface area contributed by atoms with E-state index in [-0.39, 0.29) is 23.9 Å². The SMILES string of the molecule is CC[C@H](C(=O)NC1CCCC1)N(Cc1c(Cl)cccc1Cl)C(=O)CN(c1ccc(C(C)(C)C)cc1)S(C)(=O)=O. The maximum absolute atomic E-state index is 13.9. The number of benzene rings is 2. The van der Waals surface area contributed by atoms with Gasteiger partial charge in [-0.15, -0.1) is 0 Å². The van der Waals surface area contributed by atoms with Crippen LogP contribution in [-0.2, 0) is 31.6 Å². The highest BCUT2D eigenvalue weighted by Crippen LogP contribution is 2.29. The average Bonchev–Trinajstić information content (AvgIpc) is 3.36. The molecule has 39 heavy (non-hydrogen) atoms. The van der Waals surface area contributed by atoms with E-state index in [0.29, 0.717) is 27.7 Å². The minimum atomic E-state index is -3.82. The molecular formula is C29H39Cl2N3O4S. The summed E-state index contributed by atoms with van der Waals surface area (Å²) < 4.78 is 26.8. The molecule has 2 aromatic rings. The van der Waals surface area contributed by atoms with Gasteiger partial charge in [-0.1, -0.05) is 81.9 Å². The molecule has 10 heteroatoms. The minimum Gasteiger partial charge on any atom is -0.352 e. The van der Waals surface area contributed by atoms with Crippen molar-refractivity contribution in [3.63, 3.8) is 0 Å². The number of carbonyl (C=O) groups is 2. The molecule has 3 rings (SSSR count). The fourth-order valence-corrected chi connectivity index (χ4v) is 6.25. The maximum Gasteiger partial charge on any atom is 0.244 e. The first kappa shape index (κ1) is 31.2. The van der Waals surface area contributed by atoms with E-state index in [1.54, 1.807) is 30.3 Å². The van der Waals surface area contributed by atoms with Crippen LogP contribution in [0.15, 0.2) is 42.5 Å². The Balaban J connectivity index is 1.97. The Morgan fingerprint density at radius 2 is 1.59 bits per heavy atom. The second kappa shape index (κ2) is 12.9. The van der Waals surface area contributed by atoms with Gasteiger partial charge in [-0.3, -0.25) is 13.9 Å². The summed E-state index contributed by atoms with van der Waals surface area (Å²) in [7, 11) is -3.82. The van der Waals surface area contributed by atoms with Gasteiger partial charge < -0.3 is 10.2 Å². The molecule has 1 atom stereocenters. The molecule has 214 valence electrons. The predicted molar refractivity (Wildman–Crippen MR) is 159 cm³/mol. The van der Waals surface area contributed by atoms with E-state index < -0.39 is 28.5 Å². The molecule has 0 radical (unpaired) electrons. The zero-order valence-electron chi connectivity index (χ0n) is 23.3. The molecule has 7 nitrogen and oxygen atoms in total. The molecule has 1 aliphatic carbocycles. The predicted octanol–water partition coefficient (Wildman–Crippen LogP) is 5.92. The molecule has 0 heterocycles. The monoisotopic (exact) mass is 595 g/mol. The fraction of sp³-hybridized carbons (Fsp3) is 0.517. The van der Waals surface area contributed by atoms with E-state index in [2.05, 4.69) is 26.1 Å². The number of halogens is 2. The number of carbonyl (C=O) groups excluding carboxylic acids is 2. The second-order valence-corrected chi connectivity index (χ2v) is 13.9. The standard InChI is InChI=1S/C29H39Cl2N3O4S/c1-6-26(28(36)32-21-10-7-8-11-21)33(18-23-24(30)12-9-13-25(23)31)27(35)19-34(39(5,37)38)22-16-14-20(15-17-22)29(2,3)4/h9,12-17,21,26H,6-8,10-11,18-19H2,1-5H3,(H,32,36)/t26-/m1/s1. The highest BCUT2D eigenvalue weighted by Gasteiger charge is 2.33. The molecule has 1 N–H and O–H groups in total. The van der Waals surface area contributed by atoms with Crippen molar-refractivity contribution in [2.24, 2.45) is 0 Å². The minimum absolute atomic E-state index is 0.0332. The second-order valence-electron chi connectivity index (χ2n) is 11.2.